The van der Waals surface area contributed by atoms with E-state index in [1.807, 2.05) is 0 Å². The minimum absolute atomic E-state index is 0.0956. The predicted molar refractivity (Wildman–Crippen MR) is 41.4 cm³/mol. The molecule has 0 saturated heterocycles. The molecular formula is C5H5NO2S2. The zero-order chi connectivity index (χ0) is 7.40. The van der Waals surface area contributed by atoms with Gasteiger partial charge in [-0.15, -0.1) is 24.0 Å². The number of thiol groups is 1. The van der Waals surface area contributed by atoms with Crippen molar-refractivity contribution < 1.29 is 9.53 Å². The Bertz CT molecular complexity index is 209. The van der Waals surface area contributed by atoms with E-state index in [0.717, 1.165) is 0 Å². The van der Waals surface area contributed by atoms with Gasteiger partial charge in [0.1, 0.15) is 5.94 Å². The Morgan fingerprint density at radius 1 is 1.90 bits per heavy atom. The summed E-state index contributed by atoms with van der Waals surface area (Å²) in [5.41, 5.74) is 0. The van der Waals surface area contributed by atoms with Crippen molar-refractivity contribution in [3.8, 4) is 0 Å². The van der Waals surface area contributed by atoms with E-state index in [9.17, 15) is 4.79 Å². The van der Waals surface area contributed by atoms with Crippen LogP contribution in [-0.4, -0.2) is 16.9 Å². The first-order valence-corrected chi connectivity index (χ1v) is 4.03. The molecule has 0 fully saturated rings. The zero-order valence-electron chi connectivity index (χ0n) is 4.98. The molecule has 0 saturated carbocycles. The molecule has 0 atom stereocenters. The molecule has 0 aliphatic heterocycles. The van der Waals surface area contributed by atoms with Crippen molar-refractivity contribution in [3.63, 3.8) is 0 Å². The highest BCUT2D eigenvalue weighted by molar-refractivity contribution is 7.80. The molecule has 54 valence electrons. The topological polar surface area (TPSA) is 39.2 Å². The third kappa shape index (κ3) is 1.71. The second-order valence-corrected chi connectivity index (χ2v) is 2.55. The first kappa shape index (κ1) is 7.56. The minimum atomic E-state index is -0.412. The van der Waals surface area contributed by atoms with Gasteiger partial charge in [-0.25, -0.2) is 9.78 Å². The summed E-state index contributed by atoms with van der Waals surface area (Å²) in [6.45, 7) is 0. The number of hydrogen-bond acceptors (Lipinski definition) is 5. The number of ether oxygens (including phenoxy) is 1. The Morgan fingerprint density at radius 3 is 3.20 bits per heavy atom. The smallest absolute Gasteiger partial charge is 0.368 e. The van der Waals surface area contributed by atoms with Crippen LogP contribution in [0.4, 0.5) is 0 Å². The molecule has 0 aromatic carbocycles. The Balaban J connectivity index is 2.59. The average Bonchev–Trinajstić information content (AvgIpc) is 2.38. The molecule has 0 aliphatic rings. The normalized spacial score (nSPS) is 9.30. The van der Waals surface area contributed by atoms with Crippen LogP contribution in [0.25, 0.3) is 0 Å². The maximum absolute atomic E-state index is 10.8. The van der Waals surface area contributed by atoms with Crippen LogP contribution in [0.1, 0.15) is 9.80 Å². The van der Waals surface area contributed by atoms with Gasteiger partial charge < -0.3 is 4.74 Å². The summed E-state index contributed by atoms with van der Waals surface area (Å²) in [6, 6.07) is 0. The summed E-state index contributed by atoms with van der Waals surface area (Å²) in [7, 11) is 0. The average molecular weight is 175 g/mol. The van der Waals surface area contributed by atoms with E-state index in [2.05, 4.69) is 22.3 Å². The number of aromatic nitrogens is 1. The van der Waals surface area contributed by atoms with Crippen LogP contribution in [-0.2, 0) is 4.74 Å². The Labute approximate surface area is 67.5 Å². The standard InChI is InChI=1S/C5H5NO2S2/c7-5(8-3-9)4-6-1-2-10-4/h1-2,9H,3H2. The summed E-state index contributed by atoms with van der Waals surface area (Å²) in [6.07, 6.45) is 1.56. The van der Waals surface area contributed by atoms with Crippen molar-refractivity contribution in [2.75, 3.05) is 5.94 Å². The molecule has 1 heterocycles. The highest BCUT2D eigenvalue weighted by Crippen LogP contribution is 2.05. The van der Waals surface area contributed by atoms with E-state index in [1.165, 1.54) is 11.3 Å². The van der Waals surface area contributed by atoms with E-state index in [0.29, 0.717) is 5.01 Å². The van der Waals surface area contributed by atoms with Crippen molar-refractivity contribution in [3.05, 3.63) is 16.6 Å². The summed E-state index contributed by atoms with van der Waals surface area (Å²) < 4.78 is 4.56. The Morgan fingerprint density at radius 2 is 2.70 bits per heavy atom. The highest BCUT2D eigenvalue weighted by Gasteiger charge is 2.07. The SMILES string of the molecule is O=C(OCS)c1nccs1. The van der Waals surface area contributed by atoms with Crippen molar-refractivity contribution in [2.24, 2.45) is 0 Å². The lowest BCUT2D eigenvalue weighted by Gasteiger charge is -1.93. The summed E-state index contributed by atoms with van der Waals surface area (Å²) in [5.74, 6) is -0.316. The lowest BCUT2D eigenvalue weighted by atomic mass is 10.7. The van der Waals surface area contributed by atoms with Gasteiger partial charge in [0.25, 0.3) is 0 Å². The lowest BCUT2D eigenvalue weighted by molar-refractivity contribution is 0.0580. The van der Waals surface area contributed by atoms with Gasteiger partial charge in [-0.1, -0.05) is 0 Å². The van der Waals surface area contributed by atoms with Crippen LogP contribution in [0.15, 0.2) is 11.6 Å². The number of carbonyl (C=O) groups is 1. The van der Waals surface area contributed by atoms with E-state index in [1.54, 1.807) is 11.6 Å². The molecule has 3 nitrogen and oxygen atoms in total. The largest absolute Gasteiger partial charge is 0.450 e. The quantitative estimate of drug-likeness (QED) is 0.417. The van der Waals surface area contributed by atoms with Crippen LogP contribution in [0, 0.1) is 0 Å². The summed E-state index contributed by atoms with van der Waals surface area (Å²) in [5, 5.41) is 2.09. The molecule has 0 bridgehead atoms. The molecule has 0 spiro atoms. The van der Waals surface area contributed by atoms with E-state index >= 15 is 0 Å². The molecule has 0 N–H and O–H groups in total. The van der Waals surface area contributed by atoms with Crippen molar-refractivity contribution >= 4 is 29.9 Å². The van der Waals surface area contributed by atoms with E-state index < -0.39 is 5.97 Å². The van der Waals surface area contributed by atoms with Crippen LogP contribution in [0.5, 0.6) is 0 Å². The fourth-order valence-corrected chi connectivity index (χ4v) is 1.09. The van der Waals surface area contributed by atoms with Gasteiger partial charge in [0, 0.05) is 11.6 Å². The molecule has 1 rings (SSSR count). The van der Waals surface area contributed by atoms with E-state index in [4.69, 9.17) is 0 Å². The fraction of sp³-hybridized carbons (Fsp3) is 0.200. The Kier molecular flexibility index (Phi) is 2.70. The lowest BCUT2D eigenvalue weighted by Crippen LogP contribution is -2.02. The molecule has 1 aromatic heterocycles. The van der Waals surface area contributed by atoms with Gasteiger partial charge in [-0.2, -0.15) is 0 Å². The number of thiazole rings is 1. The fourth-order valence-electron chi connectivity index (χ4n) is 0.445. The summed E-state index contributed by atoms with van der Waals surface area (Å²) in [4.78, 5) is 14.5. The van der Waals surface area contributed by atoms with Gasteiger partial charge in [0.15, 0.2) is 0 Å². The van der Waals surface area contributed by atoms with Crippen LogP contribution in [0.2, 0.25) is 0 Å². The molecule has 0 unspecified atom stereocenters. The third-order valence-corrected chi connectivity index (χ3v) is 1.68. The minimum Gasteiger partial charge on any atom is -0.450 e. The predicted octanol–water partition coefficient (Wildman–Crippen LogP) is 1.19. The van der Waals surface area contributed by atoms with Crippen molar-refractivity contribution in [2.45, 2.75) is 0 Å². The van der Waals surface area contributed by atoms with Gasteiger partial charge in [-0.3, -0.25) is 0 Å². The molecular weight excluding hydrogens is 170 g/mol. The number of nitrogens with zero attached hydrogens (tertiary/aromatic N) is 1. The van der Waals surface area contributed by atoms with Crippen LogP contribution >= 0.6 is 24.0 Å². The maximum atomic E-state index is 10.8. The molecule has 0 aliphatic carbocycles. The van der Waals surface area contributed by atoms with Gasteiger partial charge >= 0.3 is 5.97 Å². The maximum Gasteiger partial charge on any atom is 0.368 e. The highest BCUT2D eigenvalue weighted by atomic mass is 32.1. The van der Waals surface area contributed by atoms with Gasteiger partial charge in [-0.05, 0) is 0 Å². The van der Waals surface area contributed by atoms with Crippen LogP contribution in [0.3, 0.4) is 0 Å². The third-order valence-electron chi connectivity index (χ3n) is 0.803. The van der Waals surface area contributed by atoms with Crippen LogP contribution < -0.4 is 0 Å². The monoisotopic (exact) mass is 175 g/mol. The molecule has 5 heteroatoms. The first-order chi connectivity index (χ1) is 4.84. The molecule has 0 amide bonds. The first-order valence-electron chi connectivity index (χ1n) is 2.52. The summed E-state index contributed by atoms with van der Waals surface area (Å²) >= 11 is 4.98. The second kappa shape index (κ2) is 3.58. The van der Waals surface area contributed by atoms with E-state index in [-0.39, 0.29) is 5.94 Å². The van der Waals surface area contributed by atoms with Gasteiger partial charge in [0.05, 0.1) is 0 Å². The zero-order valence-corrected chi connectivity index (χ0v) is 6.69. The number of carbonyl (C=O) groups excluding carboxylic acids is 1. The van der Waals surface area contributed by atoms with Crippen molar-refractivity contribution in [1.29, 1.82) is 0 Å². The van der Waals surface area contributed by atoms with Gasteiger partial charge in [0.2, 0.25) is 5.01 Å². The Hall–Kier alpha value is -0.550. The molecule has 0 radical (unpaired) electrons. The van der Waals surface area contributed by atoms with Crippen molar-refractivity contribution in [1.82, 2.24) is 4.98 Å². The number of hydrogen-bond donors (Lipinski definition) is 1. The number of esters is 1. The second-order valence-electron chi connectivity index (χ2n) is 1.40. The molecule has 1 aromatic rings. The number of rotatable bonds is 2. The molecule has 10 heavy (non-hydrogen) atoms.